The third-order valence-corrected chi connectivity index (χ3v) is 1.89. The van der Waals surface area contributed by atoms with Gasteiger partial charge in [0.15, 0.2) is 12.0 Å². The smallest absolute Gasteiger partial charge is 0.174 e. The van der Waals surface area contributed by atoms with Crippen molar-refractivity contribution in [1.82, 2.24) is 9.78 Å². The average Bonchev–Trinajstić information content (AvgIpc) is 2.43. The van der Waals surface area contributed by atoms with Crippen molar-refractivity contribution in [1.29, 1.82) is 0 Å². The van der Waals surface area contributed by atoms with Gasteiger partial charge in [-0.1, -0.05) is 20.3 Å². The van der Waals surface area contributed by atoms with Crippen molar-refractivity contribution in [3.63, 3.8) is 0 Å². The third-order valence-electron chi connectivity index (χ3n) is 1.89. The van der Waals surface area contributed by atoms with Crippen LogP contribution in [-0.2, 0) is 13.0 Å². The summed E-state index contributed by atoms with van der Waals surface area (Å²) in [5.74, 6) is -0.298. The number of nitrogens with zero attached hydrogens (tertiary/aromatic N) is 2. The monoisotopic (exact) mass is 169 g/mol. The summed E-state index contributed by atoms with van der Waals surface area (Å²) in [6, 6.07) is 0. The first-order valence-corrected chi connectivity index (χ1v) is 4.42. The summed E-state index contributed by atoms with van der Waals surface area (Å²) in [4.78, 5) is 0. The Hall–Kier alpha value is -0.860. The van der Waals surface area contributed by atoms with Gasteiger partial charge < -0.3 is 0 Å². The predicted molar refractivity (Wildman–Crippen MR) is 45.3 cm³/mol. The van der Waals surface area contributed by atoms with Crippen molar-refractivity contribution in [3.8, 4) is 0 Å². The minimum atomic E-state index is -0.298. The van der Waals surface area contributed by atoms with E-state index in [-0.39, 0.29) is 5.82 Å². The van der Waals surface area contributed by atoms with Crippen LogP contribution in [0.3, 0.4) is 0 Å². The second-order valence-corrected chi connectivity index (χ2v) is 2.80. The van der Waals surface area contributed by atoms with E-state index in [2.05, 4.69) is 18.2 Å². The zero-order chi connectivity index (χ0) is 8.97. The van der Waals surface area contributed by atoms with E-state index >= 15 is 0 Å². The summed E-state index contributed by atoms with van der Waals surface area (Å²) < 4.78 is 14.6. The molecule has 0 amide bonds. The zero-order valence-electron chi connectivity index (χ0n) is 7.60. The number of halogens is 1. The number of unbranched alkanes of at least 4 members (excludes halogenated alkanes) is 1. The maximum Gasteiger partial charge on any atom is 0.174 e. The van der Waals surface area contributed by atoms with Crippen molar-refractivity contribution in [2.24, 2.45) is 0 Å². The van der Waals surface area contributed by atoms with E-state index in [0.717, 1.165) is 19.4 Å². The Morgan fingerprint density at radius 2 is 2.25 bits per heavy atom. The molecule has 1 rings (SSSR count). The Morgan fingerprint density at radius 1 is 1.50 bits per heavy atom. The lowest BCUT2D eigenvalue weighted by Gasteiger charge is -2.03. The minimum absolute atomic E-state index is 0.298. The number of aryl methyl sites for hydroxylation is 1. The first-order valence-electron chi connectivity index (χ1n) is 4.42. The van der Waals surface area contributed by atoms with Gasteiger partial charge in [-0.2, -0.15) is 5.10 Å². The molecule has 1 aromatic heterocycles. The van der Waals surface area contributed by atoms with Crippen LogP contribution in [0.15, 0.2) is 0 Å². The largest absolute Gasteiger partial charge is 0.266 e. The molecule has 0 saturated carbocycles. The summed E-state index contributed by atoms with van der Waals surface area (Å²) in [6.07, 6.45) is 5.18. The summed E-state index contributed by atoms with van der Waals surface area (Å²) in [6.45, 7) is 4.84. The van der Waals surface area contributed by atoms with Crippen LogP contribution in [0.5, 0.6) is 0 Å². The Morgan fingerprint density at radius 3 is 2.83 bits per heavy atom. The number of hydrogen-bond acceptors (Lipinski definition) is 1. The van der Waals surface area contributed by atoms with E-state index in [0.29, 0.717) is 12.1 Å². The predicted octanol–water partition coefficient (Wildman–Crippen LogP) is 2.18. The van der Waals surface area contributed by atoms with Gasteiger partial charge in [0.25, 0.3) is 0 Å². The van der Waals surface area contributed by atoms with Gasteiger partial charge >= 0.3 is 0 Å². The number of hydrogen-bond donors (Lipinski definition) is 0. The highest BCUT2D eigenvalue weighted by atomic mass is 19.1. The first-order chi connectivity index (χ1) is 5.79. The van der Waals surface area contributed by atoms with Crippen molar-refractivity contribution < 1.29 is 4.39 Å². The molecule has 0 bridgehead atoms. The van der Waals surface area contributed by atoms with Crippen molar-refractivity contribution in [2.45, 2.75) is 39.7 Å². The van der Waals surface area contributed by atoms with Crippen LogP contribution in [-0.4, -0.2) is 9.78 Å². The Kier molecular flexibility index (Phi) is 3.26. The molecule has 1 radical (unpaired) electrons. The maximum atomic E-state index is 12.9. The quantitative estimate of drug-likeness (QED) is 0.675. The number of rotatable bonds is 4. The summed E-state index contributed by atoms with van der Waals surface area (Å²) in [7, 11) is 0. The lowest BCUT2D eigenvalue weighted by molar-refractivity contribution is 0.535. The molecule has 0 saturated heterocycles. The van der Waals surface area contributed by atoms with E-state index in [1.165, 1.54) is 0 Å². The van der Waals surface area contributed by atoms with Gasteiger partial charge in [-0.3, -0.25) is 4.68 Å². The second-order valence-electron chi connectivity index (χ2n) is 2.80. The van der Waals surface area contributed by atoms with Crippen LogP contribution in [0.25, 0.3) is 0 Å². The molecule has 1 heterocycles. The highest BCUT2D eigenvalue weighted by molar-refractivity contribution is 5.02. The van der Waals surface area contributed by atoms with Crippen LogP contribution in [0.1, 0.15) is 32.4 Å². The molecule has 0 aliphatic carbocycles. The highest BCUT2D eigenvalue weighted by Crippen LogP contribution is 2.07. The lowest BCUT2D eigenvalue weighted by atomic mass is 10.3. The van der Waals surface area contributed by atoms with Gasteiger partial charge in [0.2, 0.25) is 0 Å². The van der Waals surface area contributed by atoms with Crippen LogP contribution in [0.4, 0.5) is 4.39 Å². The van der Waals surface area contributed by atoms with E-state index in [1.54, 1.807) is 4.68 Å². The molecule has 2 nitrogen and oxygen atoms in total. The first kappa shape index (κ1) is 9.23. The molecule has 3 heteroatoms. The van der Waals surface area contributed by atoms with Crippen molar-refractivity contribution >= 4 is 0 Å². The highest BCUT2D eigenvalue weighted by Gasteiger charge is 2.07. The van der Waals surface area contributed by atoms with E-state index in [1.807, 2.05) is 6.92 Å². The van der Waals surface area contributed by atoms with Gasteiger partial charge in [-0.15, -0.1) is 0 Å². The molecule has 0 unspecified atom stereocenters. The normalized spacial score (nSPS) is 10.6. The van der Waals surface area contributed by atoms with Gasteiger partial charge in [0.05, 0.1) is 5.69 Å². The Labute approximate surface area is 72.4 Å². The molecule has 0 spiro atoms. The summed E-state index contributed by atoms with van der Waals surface area (Å²) in [5, 5.41) is 3.84. The van der Waals surface area contributed by atoms with Gasteiger partial charge in [-0.05, 0) is 12.8 Å². The van der Waals surface area contributed by atoms with Gasteiger partial charge in [-0.25, -0.2) is 4.39 Å². The minimum Gasteiger partial charge on any atom is -0.266 e. The van der Waals surface area contributed by atoms with Crippen LogP contribution in [0, 0.1) is 12.0 Å². The van der Waals surface area contributed by atoms with Gasteiger partial charge in [0, 0.05) is 6.54 Å². The standard InChI is InChI=1S/C9H14FN2/c1-3-5-6-12-9(4-2)8(10)7-11-12/h3-6H2,1-2H3. The van der Waals surface area contributed by atoms with Gasteiger partial charge in [0.1, 0.15) is 0 Å². The fraction of sp³-hybridized carbons (Fsp3) is 0.667. The van der Waals surface area contributed by atoms with Crippen LogP contribution in [0.2, 0.25) is 0 Å². The molecule has 1 aromatic rings. The van der Waals surface area contributed by atoms with Crippen LogP contribution >= 0.6 is 0 Å². The molecule has 0 aliphatic heterocycles. The zero-order valence-corrected chi connectivity index (χ0v) is 7.60. The molecule has 0 N–H and O–H groups in total. The van der Waals surface area contributed by atoms with Crippen molar-refractivity contribution in [3.05, 3.63) is 17.7 Å². The molecule has 12 heavy (non-hydrogen) atoms. The molecule has 67 valence electrons. The molecular formula is C9H14FN2. The fourth-order valence-corrected chi connectivity index (χ4v) is 1.17. The maximum absolute atomic E-state index is 12.9. The topological polar surface area (TPSA) is 17.8 Å². The van der Waals surface area contributed by atoms with E-state index < -0.39 is 0 Å². The van der Waals surface area contributed by atoms with Crippen molar-refractivity contribution in [2.75, 3.05) is 0 Å². The van der Waals surface area contributed by atoms with Crippen LogP contribution < -0.4 is 0 Å². The molecule has 0 fully saturated rings. The van der Waals surface area contributed by atoms with E-state index in [4.69, 9.17) is 0 Å². The Balaban J connectivity index is 2.70. The Bertz CT molecular complexity index is 243. The summed E-state index contributed by atoms with van der Waals surface area (Å²) in [5.41, 5.74) is 0.670. The SMILES string of the molecule is CCCCn1n[c]c(F)c1CC. The molecule has 0 aliphatic rings. The third kappa shape index (κ3) is 1.84. The second kappa shape index (κ2) is 4.24. The fourth-order valence-electron chi connectivity index (χ4n) is 1.17. The average molecular weight is 169 g/mol. The molecule has 0 atom stereocenters. The number of aromatic nitrogens is 2. The molecule has 0 aromatic carbocycles. The van der Waals surface area contributed by atoms with E-state index in [9.17, 15) is 4.39 Å². The lowest BCUT2D eigenvalue weighted by Crippen LogP contribution is -2.04. The molecular weight excluding hydrogens is 155 g/mol. The summed E-state index contributed by atoms with van der Waals surface area (Å²) >= 11 is 0.